The molecule has 0 atom stereocenters. The van der Waals surface area contributed by atoms with Gasteiger partial charge in [0.1, 0.15) is 0 Å². The normalized spacial score (nSPS) is 14.9. The van der Waals surface area contributed by atoms with E-state index in [2.05, 4.69) is 172 Å². The van der Waals surface area contributed by atoms with E-state index in [4.69, 9.17) is 9.97 Å². The molecule has 0 unspecified atom stereocenters. The largest absolute Gasteiger partial charge is 0.309 e. The average molecular weight is 630 g/mol. The van der Waals surface area contributed by atoms with Crippen molar-refractivity contribution in [1.29, 1.82) is 0 Å². The molecule has 0 fully saturated rings. The van der Waals surface area contributed by atoms with E-state index in [1.807, 2.05) is 0 Å². The zero-order valence-electron chi connectivity index (χ0n) is 28.1. The van der Waals surface area contributed by atoms with Gasteiger partial charge in [0.2, 0.25) is 0 Å². The highest BCUT2D eigenvalue weighted by atomic mass is 15.0. The fraction of sp³-hybridized carbons (Fsp3) is 0.130. The third-order valence-electron chi connectivity index (χ3n) is 11.2. The summed E-state index contributed by atoms with van der Waals surface area (Å²) in [6, 6.07) is 50.5. The van der Waals surface area contributed by atoms with Crippen molar-refractivity contribution in [2.75, 3.05) is 0 Å². The van der Waals surface area contributed by atoms with Gasteiger partial charge in [0, 0.05) is 49.5 Å². The molecular weight excluding hydrogens is 595 g/mol. The van der Waals surface area contributed by atoms with Crippen LogP contribution in [0.3, 0.4) is 0 Å². The highest BCUT2D eigenvalue weighted by Crippen LogP contribution is 2.54. The summed E-state index contributed by atoms with van der Waals surface area (Å²) in [6.07, 6.45) is 0. The third kappa shape index (κ3) is 3.79. The van der Waals surface area contributed by atoms with Crippen molar-refractivity contribution in [3.05, 3.63) is 162 Å². The van der Waals surface area contributed by atoms with Crippen LogP contribution in [0.4, 0.5) is 0 Å². The van der Waals surface area contributed by atoms with Crippen molar-refractivity contribution in [3.8, 4) is 50.7 Å². The number of nitrogens with zero attached hydrogens (tertiary/aromatic N) is 3. The molecule has 3 heteroatoms. The summed E-state index contributed by atoms with van der Waals surface area (Å²) in [7, 11) is 0. The summed E-state index contributed by atoms with van der Waals surface area (Å²) in [4.78, 5) is 10.7. The second kappa shape index (κ2) is 9.87. The van der Waals surface area contributed by atoms with Gasteiger partial charge in [0.15, 0.2) is 5.82 Å². The standard InChI is InChI=1S/C46H35N3/c1-45(2)35-22-11-8-19-31(35)32-25-26-38-39(40(32)45)34-21-10-13-24-37(34)49(38)30-18-14-17-29(27-30)44-47-42(28-15-6-5-7-16-28)41-43(48-44)33-20-9-12-23-36(33)46(41,3)4/h5-27H,1-4H3. The summed E-state index contributed by atoms with van der Waals surface area (Å²) in [5, 5.41) is 2.61. The van der Waals surface area contributed by atoms with E-state index in [9.17, 15) is 0 Å². The monoisotopic (exact) mass is 629 g/mol. The Balaban J connectivity index is 1.21. The van der Waals surface area contributed by atoms with E-state index in [1.54, 1.807) is 0 Å². The lowest BCUT2D eigenvalue weighted by molar-refractivity contribution is 0.658. The molecule has 6 aromatic carbocycles. The molecule has 0 saturated carbocycles. The summed E-state index contributed by atoms with van der Waals surface area (Å²) >= 11 is 0. The van der Waals surface area contributed by atoms with Gasteiger partial charge in [-0.25, -0.2) is 9.97 Å². The highest BCUT2D eigenvalue weighted by Gasteiger charge is 2.40. The summed E-state index contributed by atoms with van der Waals surface area (Å²) < 4.78 is 2.43. The molecule has 10 rings (SSSR count). The Morgan fingerprint density at radius 1 is 0.469 bits per heavy atom. The van der Waals surface area contributed by atoms with E-state index in [0.717, 1.165) is 34.0 Å². The minimum Gasteiger partial charge on any atom is -0.309 e. The number of para-hydroxylation sites is 1. The van der Waals surface area contributed by atoms with E-state index >= 15 is 0 Å². The maximum atomic E-state index is 5.38. The van der Waals surface area contributed by atoms with Gasteiger partial charge < -0.3 is 4.57 Å². The van der Waals surface area contributed by atoms with Crippen LogP contribution in [0, 0.1) is 0 Å². The smallest absolute Gasteiger partial charge is 0.160 e. The Bertz CT molecular complexity index is 2660. The van der Waals surface area contributed by atoms with E-state index in [0.29, 0.717) is 0 Å². The van der Waals surface area contributed by atoms with Crippen LogP contribution in [0.15, 0.2) is 140 Å². The number of hydrogen-bond donors (Lipinski definition) is 0. The molecule has 0 spiro atoms. The van der Waals surface area contributed by atoms with Crippen molar-refractivity contribution in [2.45, 2.75) is 38.5 Å². The molecule has 2 aliphatic carbocycles. The Morgan fingerprint density at radius 2 is 1.10 bits per heavy atom. The second-order valence-corrected chi connectivity index (χ2v) is 14.6. The number of hydrogen-bond acceptors (Lipinski definition) is 2. The lowest BCUT2D eigenvalue weighted by Crippen LogP contribution is -2.17. The molecule has 2 heterocycles. The fourth-order valence-corrected chi connectivity index (χ4v) is 8.94. The first-order chi connectivity index (χ1) is 23.8. The molecule has 0 N–H and O–H groups in total. The van der Waals surface area contributed by atoms with Gasteiger partial charge in [-0.2, -0.15) is 0 Å². The van der Waals surface area contributed by atoms with Crippen LogP contribution in [0.1, 0.15) is 49.9 Å². The fourth-order valence-electron chi connectivity index (χ4n) is 8.94. The number of rotatable bonds is 3. The van der Waals surface area contributed by atoms with Crippen LogP contribution in [-0.2, 0) is 10.8 Å². The summed E-state index contributed by atoms with van der Waals surface area (Å²) in [5.74, 6) is 0.741. The molecule has 2 aromatic heterocycles. The minimum absolute atomic E-state index is 0.113. The Morgan fingerprint density at radius 3 is 1.92 bits per heavy atom. The van der Waals surface area contributed by atoms with E-state index in [-0.39, 0.29) is 10.8 Å². The second-order valence-electron chi connectivity index (χ2n) is 14.6. The predicted molar refractivity (Wildman–Crippen MR) is 202 cm³/mol. The van der Waals surface area contributed by atoms with Gasteiger partial charge in [-0.15, -0.1) is 0 Å². The molecule has 8 aromatic rings. The van der Waals surface area contributed by atoms with Crippen molar-refractivity contribution < 1.29 is 0 Å². The van der Waals surface area contributed by atoms with Crippen LogP contribution in [-0.4, -0.2) is 14.5 Å². The first kappa shape index (κ1) is 28.2. The predicted octanol–water partition coefficient (Wildman–Crippen LogP) is 11.5. The molecule has 0 saturated heterocycles. The van der Waals surface area contributed by atoms with Crippen LogP contribution in [0.5, 0.6) is 0 Å². The molecule has 0 amide bonds. The lowest BCUT2D eigenvalue weighted by Gasteiger charge is -2.23. The Kier molecular flexibility index (Phi) is 5.69. The van der Waals surface area contributed by atoms with Crippen molar-refractivity contribution in [3.63, 3.8) is 0 Å². The minimum atomic E-state index is -0.214. The van der Waals surface area contributed by atoms with E-state index in [1.165, 1.54) is 60.8 Å². The van der Waals surface area contributed by atoms with Crippen LogP contribution in [0.25, 0.3) is 72.5 Å². The first-order valence-corrected chi connectivity index (χ1v) is 17.2. The quantitative estimate of drug-likeness (QED) is 0.195. The molecular formula is C46H35N3. The first-order valence-electron chi connectivity index (χ1n) is 17.2. The molecule has 49 heavy (non-hydrogen) atoms. The van der Waals surface area contributed by atoms with Crippen LogP contribution < -0.4 is 0 Å². The molecule has 3 nitrogen and oxygen atoms in total. The van der Waals surface area contributed by atoms with Crippen molar-refractivity contribution in [1.82, 2.24) is 14.5 Å². The van der Waals surface area contributed by atoms with Gasteiger partial charge in [-0.3, -0.25) is 0 Å². The van der Waals surface area contributed by atoms with Crippen molar-refractivity contribution in [2.24, 2.45) is 0 Å². The van der Waals surface area contributed by atoms with E-state index < -0.39 is 0 Å². The Labute approximate surface area is 286 Å². The van der Waals surface area contributed by atoms with Crippen LogP contribution >= 0.6 is 0 Å². The summed E-state index contributed by atoms with van der Waals surface area (Å²) in [5.41, 5.74) is 16.5. The van der Waals surface area contributed by atoms with Crippen LogP contribution in [0.2, 0.25) is 0 Å². The number of benzene rings is 6. The van der Waals surface area contributed by atoms with Gasteiger partial charge in [0.25, 0.3) is 0 Å². The molecule has 0 radical (unpaired) electrons. The highest BCUT2D eigenvalue weighted by molar-refractivity contribution is 6.14. The Hall–Kier alpha value is -5.80. The third-order valence-corrected chi connectivity index (χ3v) is 11.2. The molecule has 234 valence electrons. The zero-order chi connectivity index (χ0) is 33.1. The SMILES string of the molecule is CC1(C)c2ccccc2-c2nc(-c3cccc(-n4c5ccccc5c5c6c(ccc54)-c4ccccc4C6(C)C)c3)nc(-c3ccccc3)c21. The van der Waals surface area contributed by atoms with Gasteiger partial charge in [-0.05, 0) is 52.1 Å². The van der Waals surface area contributed by atoms with Crippen molar-refractivity contribution >= 4 is 21.8 Å². The van der Waals surface area contributed by atoms with Gasteiger partial charge >= 0.3 is 0 Å². The summed E-state index contributed by atoms with van der Waals surface area (Å²) in [6.45, 7) is 9.34. The molecule has 2 aliphatic rings. The van der Waals surface area contributed by atoms with Gasteiger partial charge in [-0.1, -0.05) is 143 Å². The maximum Gasteiger partial charge on any atom is 0.160 e. The average Bonchev–Trinajstić information content (AvgIpc) is 3.69. The number of aromatic nitrogens is 3. The zero-order valence-corrected chi connectivity index (χ0v) is 28.1. The lowest BCUT2D eigenvalue weighted by atomic mass is 9.80. The topological polar surface area (TPSA) is 30.7 Å². The molecule has 0 bridgehead atoms. The number of fused-ring (bicyclic) bond motifs is 10. The maximum absolute atomic E-state index is 5.38. The molecule has 0 aliphatic heterocycles. The van der Waals surface area contributed by atoms with Gasteiger partial charge in [0.05, 0.1) is 22.4 Å².